The van der Waals surface area contributed by atoms with Gasteiger partial charge in [0.2, 0.25) is 0 Å². The molecule has 0 rings (SSSR count). The molecule has 5 nitrogen and oxygen atoms in total. The van der Waals surface area contributed by atoms with Gasteiger partial charge in [-0.2, -0.15) is 0 Å². The van der Waals surface area contributed by atoms with Gasteiger partial charge in [0.15, 0.2) is 0 Å². The van der Waals surface area contributed by atoms with Crippen molar-refractivity contribution >= 4 is 6.09 Å². The van der Waals surface area contributed by atoms with Crippen LogP contribution in [0.4, 0.5) is 4.79 Å². The Morgan fingerprint density at radius 2 is 1.50 bits per heavy atom. The summed E-state index contributed by atoms with van der Waals surface area (Å²) in [4.78, 5) is 11.8. The van der Waals surface area contributed by atoms with Crippen LogP contribution in [0.25, 0.3) is 0 Å². The van der Waals surface area contributed by atoms with Gasteiger partial charge in [-0.3, -0.25) is 0 Å². The first kappa shape index (κ1) is 18.3. The third-order valence-electron chi connectivity index (χ3n) is 2.01. The maximum absolute atomic E-state index is 11.8. The molecule has 0 aliphatic heterocycles. The van der Waals surface area contributed by atoms with Gasteiger partial charge in [-0.15, -0.1) is 12.8 Å². The zero-order valence-electron chi connectivity index (χ0n) is 12.6. The van der Waals surface area contributed by atoms with Crippen molar-refractivity contribution in [3.8, 4) is 24.7 Å². The smallest absolute Gasteiger partial charge is 0.408 e. The molecule has 0 aromatic heterocycles. The van der Waals surface area contributed by atoms with E-state index in [0.29, 0.717) is 0 Å². The molecule has 0 aliphatic rings. The van der Waals surface area contributed by atoms with E-state index in [1.54, 1.807) is 27.7 Å². The van der Waals surface area contributed by atoms with Crippen molar-refractivity contribution in [3.63, 3.8) is 0 Å². The number of carbonyl (C=O) groups is 1. The topological polar surface area (TPSA) is 56.8 Å². The highest BCUT2D eigenvalue weighted by molar-refractivity contribution is 5.68. The Kier molecular flexibility index (Phi) is 7.76. The van der Waals surface area contributed by atoms with Gasteiger partial charge >= 0.3 is 6.09 Å². The third-order valence-corrected chi connectivity index (χ3v) is 2.01. The number of ether oxygens (including phenoxy) is 3. The fraction of sp³-hybridized carbons (Fsp3) is 0.667. The zero-order chi connectivity index (χ0) is 15.6. The molecule has 5 heteroatoms. The fourth-order valence-corrected chi connectivity index (χ4v) is 1.33. The summed E-state index contributed by atoms with van der Waals surface area (Å²) in [7, 11) is 0. The Balaban J connectivity index is 4.54. The quantitative estimate of drug-likeness (QED) is 0.568. The van der Waals surface area contributed by atoms with E-state index in [0.717, 1.165) is 0 Å². The van der Waals surface area contributed by atoms with Crippen LogP contribution in [0.1, 0.15) is 27.7 Å². The van der Waals surface area contributed by atoms with Gasteiger partial charge in [0, 0.05) is 0 Å². The number of alkyl carbamates (subject to hydrolysis) is 1. The molecule has 0 fully saturated rings. The van der Waals surface area contributed by atoms with Gasteiger partial charge in [-0.1, -0.05) is 11.8 Å². The van der Waals surface area contributed by atoms with E-state index in [4.69, 9.17) is 27.1 Å². The van der Waals surface area contributed by atoms with Crippen LogP contribution < -0.4 is 5.32 Å². The van der Waals surface area contributed by atoms with Crippen molar-refractivity contribution in [1.29, 1.82) is 0 Å². The molecule has 0 heterocycles. The molecule has 0 aromatic rings. The molecule has 0 saturated carbocycles. The molecule has 1 amide bonds. The Morgan fingerprint density at radius 1 is 1.05 bits per heavy atom. The van der Waals surface area contributed by atoms with Crippen LogP contribution in [-0.2, 0) is 14.2 Å². The summed E-state index contributed by atoms with van der Waals surface area (Å²) in [6.07, 6.45) is 9.69. The van der Waals surface area contributed by atoms with Crippen LogP contribution in [-0.4, -0.2) is 43.7 Å². The zero-order valence-corrected chi connectivity index (χ0v) is 12.6. The van der Waals surface area contributed by atoms with Gasteiger partial charge in [0.1, 0.15) is 18.8 Å². The van der Waals surface area contributed by atoms with E-state index < -0.39 is 17.2 Å². The summed E-state index contributed by atoms with van der Waals surface area (Å²) in [6, 6.07) is 0. The molecule has 0 aromatic carbocycles. The molecule has 0 aliphatic carbocycles. The number of hydrogen-bond acceptors (Lipinski definition) is 4. The number of nitrogens with one attached hydrogen (secondary N) is 1. The van der Waals surface area contributed by atoms with E-state index >= 15 is 0 Å². The molecule has 112 valence electrons. The minimum Gasteiger partial charge on any atom is -0.444 e. The maximum Gasteiger partial charge on any atom is 0.408 e. The van der Waals surface area contributed by atoms with Crippen LogP contribution >= 0.6 is 0 Å². The van der Waals surface area contributed by atoms with E-state index in [-0.39, 0.29) is 26.4 Å². The summed E-state index contributed by atoms with van der Waals surface area (Å²) in [5.41, 5.74) is -1.35. The number of hydrogen-bond donors (Lipinski definition) is 1. The second kappa shape index (κ2) is 8.47. The molecule has 0 atom stereocenters. The lowest BCUT2D eigenvalue weighted by Gasteiger charge is -2.31. The standard InChI is InChI=1S/C15H23NO4/c1-7-9-18-11-15(6,12-19-10-8-2)16-13(17)20-14(3,4)5/h1-2H,9-12H2,3-6H3,(H,16,17). The third kappa shape index (κ3) is 9.27. The summed E-state index contributed by atoms with van der Waals surface area (Å²) < 4.78 is 15.7. The molecule has 0 unspecified atom stereocenters. The average molecular weight is 281 g/mol. The minimum absolute atomic E-state index is 0.153. The molecule has 0 radical (unpaired) electrons. The Morgan fingerprint density at radius 3 is 1.85 bits per heavy atom. The second-order valence-corrected chi connectivity index (χ2v) is 5.58. The van der Waals surface area contributed by atoms with Gasteiger partial charge in [-0.05, 0) is 27.7 Å². The molecule has 0 spiro atoms. The van der Waals surface area contributed by atoms with Crippen molar-refractivity contribution in [3.05, 3.63) is 0 Å². The second-order valence-electron chi connectivity index (χ2n) is 5.58. The summed E-state index contributed by atoms with van der Waals surface area (Å²) in [5.74, 6) is 4.72. The highest BCUT2D eigenvalue weighted by Gasteiger charge is 2.29. The summed E-state index contributed by atoms with van der Waals surface area (Å²) >= 11 is 0. The lowest BCUT2D eigenvalue weighted by atomic mass is 10.1. The van der Waals surface area contributed by atoms with Gasteiger partial charge in [0.05, 0.1) is 18.8 Å². The van der Waals surface area contributed by atoms with E-state index in [1.165, 1.54) is 0 Å². The van der Waals surface area contributed by atoms with Gasteiger partial charge < -0.3 is 19.5 Å². The van der Waals surface area contributed by atoms with Crippen molar-refractivity contribution < 1.29 is 19.0 Å². The molecule has 0 saturated heterocycles. The van der Waals surface area contributed by atoms with Crippen molar-refractivity contribution in [2.24, 2.45) is 0 Å². The predicted molar refractivity (Wildman–Crippen MR) is 77.1 cm³/mol. The number of rotatable bonds is 7. The number of terminal acetylenes is 2. The summed E-state index contributed by atoms with van der Waals surface area (Å²) in [5, 5.41) is 2.72. The molecular formula is C15H23NO4. The Labute approximate surface area is 121 Å². The van der Waals surface area contributed by atoms with Crippen LogP contribution in [0.15, 0.2) is 0 Å². The lowest BCUT2D eigenvalue weighted by Crippen LogP contribution is -2.54. The summed E-state index contributed by atoms with van der Waals surface area (Å²) in [6.45, 7) is 7.82. The fourth-order valence-electron chi connectivity index (χ4n) is 1.33. The SMILES string of the molecule is C#CCOCC(C)(COCC#C)NC(=O)OC(C)(C)C. The van der Waals surface area contributed by atoms with E-state index in [1.807, 2.05) is 0 Å². The first-order chi connectivity index (χ1) is 9.22. The van der Waals surface area contributed by atoms with E-state index in [2.05, 4.69) is 17.2 Å². The molecular weight excluding hydrogens is 258 g/mol. The maximum atomic E-state index is 11.8. The van der Waals surface area contributed by atoms with Crippen molar-refractivity contribution in [2.45, 2.75) is 38.8 Å². The van der Waals surface area contributed by atoms with Gasteiger partial charge in [0.25, 0.3) is 0 Å². The Bertz CT molecular complexity index is 364. The van der Waals surface area contributed by atoms with Crippen LogP contribution in [0, 0.1) is 24.7 Å². The van der Waals surface area contributed by atoms with Crippen LogP contribution in [0.2, 0.25) is 0 Å². The normalized spacial score (nSPS) is 11.3. The van der Waals surface area contributed by atoms with Gasteiger partial charge in [-0.25, -0.2) is 4.79 Å². The monoisotopic (exact) mass is 281 g/mol. The van der Waals surface area contributed by atoms with Crippen molar-refractivity contribution in [2.75, 3.05) is 26.4 Å². The largest absolute Gasteiger partial charge is 0.444 e. The molecule has 20 heavy (non-hydrogen) atoms. The minimum atomic E-state index is -0.768. The van der Waals surface area contributed by atoms with Crippen molar-refractivity contribution in [1.82, 2.24) is 5.32 Å². The average Bonchev–Trinajstić information content (AvgIpc) is 2.26. The first-order valence-electron chi connectivity index (χ1n) is 6.26. The Hall–Kier alpha value is -1.69. The lowest BCUT2D eigenvalue weighted by molar-refractivity contribution is 0.0112. The van der Waals surface area contributed by atoms with Crippen LogP contribution in [0.5, 0.6) is 0 Å². The number of amides is 1. The predicted octanol–water partition coefficient (Wildman–Crippen LogP) is 1.57. The highest BCUT2D eigenvalue weighted by Crippen LogP contribution is 2.11. The first-order valence-corrected chi connectivity index (χ1v) is 6.26. The van der Waals surface area contributed by atoms with E-state index in [9.17, 15) is 4.79 Å². The molecule has 1 N–H and O–H groups in total. The highest BCUT2D eigenvalue weighted by atomic mass is 16.6. The van der Waals surface area contributed by atoms with Crippen LogP contribution in [0.3, 0.4) is 0 Å². The molecule has 0 bridgehead atoms. The number of carbonyl (C=O) groups excluding carboxylic acids is 1.